The van der Waals surface area contributed by atoms with Gasteiger partial charge in [-0.25, -0.2) is 4.68 Å². The Bertz CT molecular complexity index is 1150. The lowest BCUT2D eigenvalue weighted by Gasteiger charge is -2.16. The Hall–Kier alpha value is -2.95. The maximum Gasteiger partial charge on any atom is 0.323 e. The molecule has 0 aliphatic carbocycles. The SMILES string of the molecule is [2H]C([2H])([2H])n1cc(CC(NCC(=O)Nc2cc(Cl)ccc2-n2cc(Cl)nn2)C(=O)OC)cn1. The van der Waals surface area contributed by atoms with Crippen molar-refractivity contribution in [3.63, 3.8) is 0 Å². The molecule has 2 aromatic heterocycles. The molecule has 12 heteroatoms. The standard InChI is InChI=1S/C18H19Cl2N7O3/c1-26-9-11(7-22-26)5-14(18(29)30-2)21-8-17(28)23-13-6-12(19)3-4-15(13)27-10-16(20)24-25-27/h3-4,6-7,9-10,14,21H,5,8H2,1-2H3,(H,23,28)/i1D3. The fourth-order valence-electron chi connectivity index (χ4n) is 2.66. The number of carbonyl (C=O) groups is 2. The molecule has 0 aliphatic rings. The van der Waals surface area contributed by atoms with Crippen molar-refractivity contribution >= 4 is 40.8 Å². The number of benzene rings is 1. The molecule has 158 valence electrons. The average molecular weight is 455 g/mol. The molecule has 2 N–H and O–H groups in total. The molecule has 3 aromatic rings. The number of hydrogen-bond donors (Lipinski definition) is 2. The molecule has 1 amide bonds. The number of nitrogens with zero attached hydrogens (tertiary/aromatic N) is 5. The van der Waals surface area contributed by atoms with E-state index in [2.05, 4.69) is 26.0 Å². The monoisotopic (exact) mass is 454 g/mol. The highest BCUT2D eigenvalue weighted by Crippen LogP contribution is 2.24. The van der Waals surface area contributed by atoms with E-state index in [0.29, 0.717) is 22.0 Å². The van der Waals surface area contributed by atoms with Crippen LogP contribution in [0.25, 0.3) is 5.69 Å². The Morgan fingerprint density at radius 3 is 2.83 bits per heavy atom. The van der Waals surface area contributed by atoms with Gasteiger partial charge in [0.1, 0.15) is 6.04 Å². The Kier molecular flexibility index (Phi) is 5.78. The van der Waals surface area contributed by atoms with Crippen molar-refractivity contribution in [1.29, 1.82) is 0 Å². The van der Waals surface area contributed by atoms with Crippen LogP contribution in [-0.2, 0) is 27.7 Å². The van der Waals surface area contributed by atoms with Gasteiger partial charge >= 0.3 is 5.97 Å². The zero-order valence-electron chi connectivity index (χ0n) is 18.7. The molecule has 0 fully saturated rings. The molecule has 0 spiro atoms. The summed E-state index contributed by atoms with van der Waals surface area (Å²) in [5.74, 6) is -1.10. The molecule has 0 saturated carbocycles. The highest BCUT2D eigenvalue weighted by Gasteiger charge is 2.21. The fourth-order valence-corrected chi connectivity index (χ4v) is 2.96. The van der Waals surface area contributed by atoms with Gasteiger partial charge in [-0.1, -0.05) is 28.4 Å². The van der Waals surface area contributed by atoms with Gasteiger partial charge in [0.25, 0.3) is 0 Å². The van der Waals surface area contributed by atoms with Crippen LogP contribution in [0.5, 0.6) is 0 Å². The van der Waals surface area contributed by atoms with Crippen molar-refractivity contribution in [1.82, 2.24) is 30.1 Å². The highest BCUT2D eigenvalue weighted by atomic mass is 35.5. The lowest BCUT2D eigenvalue weighted by molar-refractivity contribution is -0.143. The summed E-state index contributed by atoms with van der Waals surface area (Å²) >= 11 is 11.9. The van der Waals surface area contributed by atoms with Crippen molar-refractivity contribution in [3.8, 4) is 5.69 Å². The minimum absolute atomic E-state index is 0.0654. The smallest absolute Gasteiger partial charge is 0.323 e. The van der Waals surface area contributed by atoms with Gasteiger partial charge in [-0.3, -0.25) is 19.6 Å². The van der Waals surface area contributed by atoms with E-state index < -0.39 is 24.9 Å². The molecule has 1 unspecified atom stereocenters. The third-order valence-electron chi connectivity index (χ3n) is 4.02. The second-order valence-corrected chi connectivity index (χ2v) is 6.97. The number of ether oxygens (including phenoxy) is 1. The maximum absolute atomic E-state index is 12.6. The van der Waals surface area contributed by atoms with E-state index in [1.165, 1.54) is 36.4 Å². The predicted octanol–water partition coefficient (Wildman–Crippen LogP) is 1.62. The molecular formula is C18H19Cl2N7O3. The van der Waals surface area contributed by atoms with Gasteiger partial charge in [-0.2, -0.15) is 5.10 Å². The van der Waals surface area contributed by atoms with Crippen molar-refractivity contribution in [2.75, 3.05) is 19.0 Å². The third-order valence-corrected chi connectivity index (χ3v) is 4.42. The number of esters is 1. The molecule has 0 bridgehead atoms. The number of carbonyl (C=O) groups excluding carboxylic acids is 2. The van der Waals surface area contributed by atoms with Gasteiger partial charge < -0.3 is 10.1 Å². The molecule has 1 atom stereocenters. The summed E-state index contributed by atoms with van der Waals surface area (Å²) < 4.78 is 29.1. The zero-order valence-corrected chi connectivity index (χ0v) is 17.2. The van der Waals surface area contributed by atoms with Crippen LogP contribution in [0.3, 0.4) is 0 Å². The normalized spacial score (nSPS) is 13.8. The first-order chi connectivity index (χ1) is 15.6. The largest absolute Gasteiger partial charge is 0.468 e. The van der Waals surface area contributed by atoms with Crippen LogP contribution in [-0.4, -0.2) is 56.3 Å². The van der Waals surface area contributed by atoms with Gasteiger partial charge in [0, 0.05) is 28.7 Å². The molecule has 0 saturated heterocycles. The first kappa shape index (κ1) is 17.9. The predicted molar refractivity (Wildman–Crippen MR) is 111 cm³/mol. The van der Waals surface area contributed by atoms with Crippen LogP contribution >= 0.6 is 23.2 Å². The Balaban J connectivity index is 1.68. The van der Waals surface area contributed by atoms with Crippen molar-refractivity contribution in [3.05, 3.63) is 52.5 Å². The van der Waals surface area contributed by atoms with E-state index in [0.717, 1.165) is 4.68 Å². The van der Waals surface area contributed by atoms with E-state index in [1.807, 2.05) is 0 Å². The number of rotatable bonds is 8. The number of aryl methyl sites for hydroxylation is 1. The lowest BCUT2D eigenvalue weighted by atomic mass is 10.1. The molecule has 2 heterocycles. The summed E-state index contributed by atoms with van der Waals surface area (Å²) in [7, 11) is 1.21. The quantitative estimate of drug-likeness (QED) is 0.496. The van der Waals surface area contributed by atoms with E-state index >= 15 is 0 Å². The molecular weight excluding hydrogens is 433 g/mol. The first-order valence-electron chi connectivity index (χ1n) is 10.1. The molecule has 1 aromatic carbocycles. The second-order valence-electron chi connectivity index (χ2n) is 6.15. The summed E-state index contributed by atoms with van der Waals surface area (Å²) in [5, 5.41) is 17.4. The Labute approximate surface area is 186 Å². The van der Waals surface area contributed by atoms with Crippen LogP contribution in [0.15, 0.2) is 36.8 Å². The number of anilines is 1. The summed E-state index contributed by atoms with van der Waals surface area (Å²) in [6.07, 6.45) is 4.18. The molecule has 0 aliphatic heterocycles. The zero-order chi connectivity index (χ0) is 24.2. The summed E-state index contributed by atoms with van der Waals surface area (Å²) in [5.41, 5.74) is 1.31. The molecule has 10 nitrogen and oxygen atoms in total. The van der Waals surface area contributed by atoms with Crippen molar-refractivity contribution in [2.45, 2.75) is 12.5 Å². The second kappa shape index (κ2) is 9.70. The highest BCUT2D eigenvalue weighted by molar-refractivity contribution is 6.31. The molecule has 3 rings (SSSR count). The van der Waals surface area contributed by atoms with E-state index in [9.17, 15) is 9.59 Å². The lowest BCUT2D eigenvalue weighted by Crippen LogP contribution is -2.43. The van der Waals surface area contributed by atoms with Gasteiger partial charge in [0.2, 0.25) is 5.91 Å². The summed E-state index contributed by atoms with van der Waals surface area (Å²) in [6, 6.07) is 3.87. The number of halogens is 2. The van der Waals surface area contributed by atoms with Gasteiger partial charge in [-0.15, -0.1) is 5.10 Å². The van der Waals surface area contributed by atoms with Crippen LogP contribution in [0.4, 0.5) is 5.69 Å². The van der Waals surface area contributed by atoms with Gasteiger partial charge in [0.15, 0.2) is 5.15 Å². The minimum atomic E-state index is -2.44. The van der Waals surface area contributed by atoms with E-state index in [4.69, 9.17) is 32.1 Å². The van der Waals surface area contributed by atoms with Crippen LogP contribution in [0.1, 0.15) is 9.68 Å². The number of aromatic nitrogens is 5. The number of hydrogen-bond acceptors (Lipinski definition) is 7. The Morgan fingerprint density at radius 2 is 2.17 bits per heavy atom. The third kappa shape index (κ3) is 5.56. The Morgan fingerprint density at radius 1 is 1.33 bits per heavy atom. The van der Waals surface area contributed by atoms with Crippen molar-refractivity contribution in [2.24, 2.45) is 6.98 Å². The molecule has 30 heavy (non-hydrogen) atoms. The van der Waals surface area contributed by atoms with Gasteiger partial charge in [0.05, 0.1) is 37.4 Å². The topological polar surface area (TPSA) is 116 Å². The first-order valence-corrected chi connectivity index (χ1v) is 9.35. The minimum Gasteiger partial charge on any atom is -0.468 e. The number of nitrogens with one attached hydrogen (secondary N) is 2. The summed E-state index contributed by atoms with van der Waals surface area (Å²) in [6.45, 7) is -2.69. The van der Waals surface area contributed by atoms with Crippen molar-refractivity contribution < 1.29 is 18.4 Å². The van der Waals surface area contributed by atoms with E-state index in [1.54, 1.807) is 12.1 Å². The van der Waals surface area contributed by atoms with E-state index in [-0.39, 0.29) is 18.1 Å². The molecule has 0 radical (unpaired) electrons. The average Bonchev–Trinajstić information content (AvgIpc) is 3.39. The fraction of sp³-hybridized carbons (Fsp3) is 0.278. The van der Waals surface area contributed by atoms with Crippen LogP contribution in [0.2, 0.25) is 10.2 Å². The number of methoxy groups -OCH3 is 1. The summed E-state index contributed by atoms with van der Waals surface area (Å²) in [4.78, 5) is 24.8. The number of amides is 1. The maximum atomic E-state index is 12.6. The van der Waals surface area contributed by atoms with Crippen LogP contribution in [0, 0.1) is 0 Å². The van der Waals surface area contributed by atoms with Gasteiger partial charge in [-0.05, 0) is 23.8 Å². The van der Waals surface area contributed by atoms with Crippen LogP contribution < -0.4 is 10.6 Å².